The van der Waals surface area contributed by atoms with E-state index >= 15 is 0 Å². The predicted octanol–water partition coefficient (Wildman–Crippen LogP) is 4.33. The number of ether oxygens (including phenoxy) is 3. The maximum atomic E-state index is 12.3. The number of benzene rings is 3. The highest BCUT2D eigenvalue weighted by Gasteiger charge is 2.10. The first-order valence-corrected chi connectivity index (χ1v) is 9.63. The van der Waals surface area contributed by atoms with Gasteiger partial charge in [-0.15, -0.1) is 0 Å². The lowest BCUT2D eigenvalue weighted by atomic mass is 10.1. The van der Waals surface area contributed by atoms with Crippen LogP contribution in [0.15, 0.2) is 72.9 Å². The third-order valence-electron chi connectivity index (χ3n) is 4.65. The second-order valence-corrected chi connectivity index (χ2v) is 6.67. The van der Waals surface area contributed by atoms with Crippen LogP contribution >= 0.6 is 0 Å². The van der Waals surface area contributed by atoms with Crippen LogP contribution < -0.4 is 19.5 Å². The number of methoxy groups -OCH3 is 2. The standard InChI is InChI=1S/C24H21N3O4/c1-29-18-11-12-21(23(13-18)30-2)27-24(28)15-31-17-9-7-16(8-10-17)22-14-25-19-5-3-4-6-20(19)26-22/h3-14H,15H2,1-2H3,(H,27,28). The summed E-state index contributed by atoms with van der Waals surface area (Å²) in [5.74, 6) is 1.43. The van der Waals surface area contributed by atoms with Crippen LogP contribution in [0, 0.1) is 0 Å². The van der Waals surface area contributed by atoms with Crippen molar-refractivity contribution in [2.45, 2.75) is 0 Å². The number of hydrogen-bond donors (Lipinski definition) is 1. The Morgan fingerprint density at radius 3 is 2.39 bits per heavy atom. The van der Waals surface area contributed by atoms with Crippen molar-refractivity contribution < 1.29 is 19.0 Å². The van der Waals surface area contributed by atoms with Crippen LogP contribution in [0.5, 0.6) is 17.2 Å². The van der Waals surface area contributed by atoms with Crippen molar-refractivity contribution in [1.29, 1.82) is 0 Å². The number of nitrogens with zero attached hydrogens (tertiary/aromatic N) is 2. The highest BCUT2D eigenvalue weighted by atomic mass is 16.5. The molecule has 0 bridgehead atoms. The number of nitrogens with one attached hydrogen (secondary N) is 1. The van der Waals surface area contributed by atoms with E-state index in [-0.39, 0.29) is 12.5 Å². The van der Waals surface area contributed by atoms with E-state index in [0.29, 0.717) is 22.9 Å². The number of rotatable bonds is 7. The van der Waals surface area contributed by atoms with Gasteiger partial charge in [-0.2, -0.15) is 0 Å². The van der Waals surface area contributed by atoms with Gasteiger partial charge in [0.25, 0.3) is 5.91 Å². The van der Waals surface area contributed by atoms with Gasteiger partial charge < -0.3 is 19.5 Å². The largest absolute Gasteiger partial charge is 0.497 e. The summed E-state index contributed by atoms with van der Waals surface area (Å²) in [6.07, 6.45) is 1.74. The number of aromatic nitrogens is 2. The zero-order chi connectivity index (χ0) is 21.6. The van der Waals surface area contributed by atoms with E-state index < -0.39 is 0 Å². The number of carbonyl (C=O) groups is 1. The Morgan fingerprint density at radius 2 is 1.65 bits per heavy atom. The van der Waals surface area contributed by atoms with Crippen molar-refractivity contribution in [3.05, 3.63) is 72.9 Å². The first kappa shape index (κ1) is 20.2. The second kappa shape index (κ2) is 9.13. The van der Waals surface area contributed by atoms with Crippen LogP contribution in [-0.4, -0.2) is 36.7 Å². The number of fused-ring (bicyclic) bond motifs is 1. The molecule has 156 valence electrons. The van der Waals surface area contributed by atoms with Crippen LogP contribution in [-0.2, 0) is 4.79 Å². The molecule has 0 atom stereocenters. The average Bonchev–Trinajstić information content (AvgIpc) is 2.83. The van der Waals surface area contributed by atoms with Crippen LogP contribution in [0.25, 0.3) is 22.3 Å². The van der Waals surface area contributed by atoms with Gasteiger partial charge in [-0.05, 0) is 48.5 Å². The van der Waals surface area contributed by atoms with E-state index in [9.17, 15) is 4.79 Å². The minimum absolute atomic E-state index is 0.135. The Kier molecular flexibility index (Phi) is 5.93. The van der Waals surface area contributed by atoms with Gasteiger partial charge in [0, 0.05) is 11.6 Å². The van der Waals surface area contributed by atoms with Crippen molar-refractivity contribution in [2.24, 2.45) is 0 Å². The summed E-state index contributed by atoms with van der Waals surface area (Å²) in [5, 5.41) is 2.77. The molecule has 1 amide bonds. The van der Waals surface area contributed by atoms with Crippen molar-refractivity contribution in [2.75, 3.05) is 26.1 Å². The molecule has 7 nitrogen and oxygen atoms in total. The molecule has 0 aliphatic rings. The van der Waals surface area contributed by atoms with Crippen LogP contribution in [0.4, 0.5) is 5.69 Å². The van der Waals surface area contributed by atoms with Gasteiger partial charge in [0.05, 0.1) is 42.8 Å². The number of anilines is 1. The molecule has 0 aliphatic carbocycles. The minimum atomic E-state index is -0.298. The highest BCUT2D eigenvalue weighted by molar-refractivity contribution is 5.93. The lowest BCUT2D eigenvalue weighted by Gasteiger charge is -2.12. The monoisotopic (exact) mass is 415 g/mol. The first-order valence-electron chi connectivity index (χ1n) is 9.63. The van der Waals surface area contributed by atoms with Crippen molar-refractivity contribution in [3.63, 3.8) is 0 Å². The van der Waals surface area contributed by atoms with Crippen LogP contribution in [0.1, 0.15) is 0 Å². The number of carbonyl (C=O) groups excluding carboxylic acids is 1. The molecule has 1 aromatic heterocycles. The van der Waals surface area contributed by atoms with Gasteiger partial charge in [0.15, 0.2) is 6.61 Å². The summed E-state index contributed by atoms with van der Waals surface area (Å²) in [7, 11) is 3.10. The third-order valence-corrected chi connectivity index (χ3v) is 4.65. The Hall–Kier alpha value is -4.13. The molecule has 0 radical (unpaired) electrons. The Bertz CT molecular complexity index is 1210. The van der Waals surface area contributed by atoms with Crippen LogP contribution in [0.3, 0.4) is 0 Å². The summed E-state index contributed by atoms with van der Waals surface area (Å²) >= 11 is 0. The Balaban J connectivity index is 1.38. The zero-order valence-corrected chi connectivity index (χ0v) is 17.2. The van der Waals surface area contributed by atoms with E-state index in [1.807, 2.05) is 36.4 Å². The fourth-order valence-corrected chi connectivity index (χ4v) is 3.06. The summed E-state index contributed by atoms with van der Waals surface area (Å²) in [4.78, 5) is 21.4. The average molecular weight is 415 g/mol. The molecule has 4 rings (SSSR count). The van der Waals surface area contributed by atoms with Gasteiger partial charge in [-0.1, -0.05) is 12.1 Å². The maximum Gasteiger partial charge on any atom is 0.262 e. The van der Waals surface area contributed by atoms with E-state index in [1.54, 1.807) is 43.6 Å². The lowest BCUT2D eigenvalue weighted by molar-refractivity contribution is -0.118. The predicted molar refractivity (Wildman–Crippen MR) is 119 cm³/mol. The summed E-state index contributed by atoms with van der Waals surface area (Å²) < 4.78 is 16.1. The molecule has 0 spiro atoms. The quantitative estimate of drug-likeness (QED) is 0.484. The molecular formula is C24H21N3O4. The molecule has 31 heavy (non-hydrogen) atoms. The lowest BCUT2D eigenvalue weighted by Crippen LogP contribution is -2.20. The van der Waals surface area contributed by atoms with Crippen LogP contribution in [0.2, 0.25) is 0 Å². The SMILES string of the molecule is COc1ccc(NC(=O)COc2ccc(-c3cnc4ccccc4n3)cc2)c(OC)c1. The molecule has 3 aromatic carbocycles. The normalized spacial score (nSPS) is 10.5. The van der Waals surface area contributed by atoms with Crippen molar-refractivity contribution in [3.8, 4) is 28.5 Å². The Labute approximate surface area is 179 Å². The summed E-state index contributed by atoms with van der Waals surface area (Å²) in [5.41, 5.74) is 3.92. The molecule has 0 saturated carbocycles. The van der Waals surface area contributed by atoms with Crippen molar-refractivity contribution >= 4 is 22.6 Å². The molecule has 1 heterocycles. The number of hydrogen-bond acceptors (Lipinski definition) is 6. The number of para-hydroxylation sites is 2. The minimum Gasteiger partial charge on any atom is -0.497 e. The van der Waals surface area contributed by atoms with Gasteiger partial charge >= 0.3 is 0 Å². The van der Waals surface area contributed by atoms with E-state index in [0.717, 1.165) is 22.3 Å². The van der Waals surface area contributed by atoms with E-state index in [4.69, 9.17) is 14.2 Å². The molecule has 0 unspecified atom stereocenters. The van der Waals surface area contributed by atoms with Gasteiger partial charge in [-0.25, -0.2) is 4.98 Å². The van der Waals surface area contributed by atoms with E-state index in [1.165, 1.54) is 7.11 Å². The Morgan fingerprint density at radius 1 is 0.903 bits per heavy atom. The topological polar surface area (TPSA) is 82.6 Å². The molecule has 0 fully saturated rings. The molecular weight excluding hydrogens is 394 g/mol. The smallest absolute Gasteiger partial charge is 0.262 e. The van der Waals surface area contributed by atoms with Crippen molar-refractivity contribution in [1.82, 2.24) is 9.97 Å². The molecule has 7 heteroatoms. The fourth-order valence-electron chi connectivity index (χ4n) is 3.06. The van der Waals surface area contributed by atoms with Gasteiger partial charge in [0.1, 0.15) is 17.2 Å². The molecule has 0 aliphatic heterocycles. The van der Waals surface area contributed by atoms with E-state index in [2.05, 4.69) is 15.3 Å². The molecule has 1 N–H and O–H groups in total. The zero-order valence-electron chi connectivity index (χ0n) is 17.2. The summed E-state index contributed by atoms with van der Waals surface area (Å²) in [6.45, 7) is -0.135. The highest BCUT2D eigenvalue weighted by Crippen LogP contribution is 2.29. The first-order chi connectivity index (χ1) is 15.2. The van der Waals surface area contributed by atoms with Gasteiger partial charge in [0.2, 0.25) is 0 Å². The number of amides is 1. The summed E-state index contributed by atoms with van der Waals surface area (Å²) in [6, 6.07) is 20.3. The van der Waals surface area contributed by atoms with Gasteiger partial charge in [-0.3, -0.25) is 9.78 Å². The maximum absolute atomic E-state index is 12.3. The molecule has 4 aromatic rings. The second-order valence-electron chi connectivity index (χ2n) is 6.67. The third kappa shape index (κ3) is 4.72. The fraction of sp³-hybridized carbons (Fsp3) is 0.125. The molecule has 0 saturated heterocycles.